The predicted octanol–water partition coefficient (Wildman–Crippen LogP) is 3.35. The van der Waals surface area contributed by atoms with Crippen molar-refractivity contribution >= 4 is 5.69 Å². The van der Waals surface area contributed by atoms with Crippen molar-refractivity contribution in [3.8, 4) is 0 Å². The summed E-state index contributed by atoms with van der Waals surface area (Å²) in [6, 6.07) is 7.24. The zero-order valence-corrected chi connectivity index (χ0v) is 14.1. The highest BCUT2D eigenvalue weighted by Crippen LogP contribution is 2.27. The molecule has 0 spiro atoms. The molecule has 2 atom stereocenters. The lowest BCUT2D eigenvalue weighted by Gasteiger charge is -2.39. The van der Waals surface area contributed by atoms with Gasteiger partial charge >= 0.3 is 0 Å². The molecule has 2 unspecified atom stereocenters. The highest BCUT2D eigenvalue weighted by Gasteiger charge is 2.25. The maximum absolute atomic E-state index is 5.76. The van der Waals surface area contributed by atoms with E-state index in [2.05, 4.69) is 63.0 Å². The SMILES string of the molecule is Cc1ccc(N2CC(C)OCC2C)c(CNCC(C)C)c1. The van der Waals surface area contributed by atoms with Gasteiger partial charge < -0.3 is 15.0 Å². The number of aryl methyl sites for hydroxylation is 1. The Morgan fingerprint density at radius 1 is 1.33 bits per heavy atom. The smallest absolute Gasteiger partial charge is 0.0723 e. The summed E-state index contributed by atoms with van der Waals surface area (Å²) in [5, 5.41) is 3.58. The van der Waals surface area contributed by atoms with Crippen LogP contribution in [0, 0.1) is 12.8 Å². The highest BCUT2D eigenvalue weighted by atomic mass is 16.5. The summed E-state index contributed by atoms with van der Waals surface area (Å²) in [6.45, 7) is 14.8. The van der Waals surface area contributed by atoms with Crippen molar-refractivity contribution in [2.24, 2.45) is 5.92 Å². The van der Waals surface area contributed by atoms with Crippen LogP contribution in [0.25, 0.3) is 0 Å². The number of rotatable bonds is 5. The van der Waals surface area contributed by atoms with Crippen LogP contribution in [-0.2, 0) is 11.3 Å². The van der Waals surface area contributed by atoms with E-state index in [1.807, 2.05) is 0 Å². The molecule has 1 aliphatic heterocycles. The fourth-order valence-corrected chi connectivity index (χ4v) is 2.87. The normalized spacial score (nSPS) is 22.9. The molecule has 3 nitrogen and oxygen atoms in total. The van der Waals surface area contributed by atoms with Crippen molar-refractivity contribution in [2.75, 3.05) is 24.6 Å². The van der Waals surface area contributed by atoms with Crippen molar-refractivity contribution in [1.82, 2.24) is 5.32 Å². The molecule has 1 aliphatic rings. The van der Waals surface area contributed by atoms with E-state index in [4.69, 9.17) is 4.74 Å². The van der Waals surface area contributed by atoms with Crippen LogP contribution in [0.4, 0.5) is 5.69 Å². The predicted molar refractivity (Wildman–Crippen MR) is 89.9 cm³/mol. The van der Waals surface area contributed by atoms with Crippen molar-refractivity contribution in [3.05, 3.63) is 29.3 Å². The molecule has 1 heterocycles. The van der Waals surface area contributed by atoms with Gasteiger partial charge in [-0.1, -0.05) is 31.5 Å². The number of nitrogens with zero attached hydrogens (tertiary/aromatic N) is 1. The van der Waals surface area contributed by atoms with Gasteiger partial charge in [0.1, 0.15) is 0 Å². The first-order chi connectivity index (χ1) is 9.97. The first-order valence-electron chi connectivity index (χ1n) is 8.16. The Labute approximate surface area is 129 Å². The summed E-state index contributed by atoms with van der Waals surface area (Å²) in [5.74, 6) is 0.681. The lowest BCUT2D eigenvalue weighted by molar-refractivity contribution is 0.0343. The lowest BCUT2D eigenvalue weighted by atomic mass is 10.0. The van der Waals surface area contributed by atoms with Gasteiger partial charge in [-0.2, -0.15) is 0 Å². The molecular formula is C18H30N2O. The minimum atomic E-state index is 0.305. The van der Waals surface area contributed by atoms with Crippen molar-refractivity contribution in [3.63, 3.8) is 0 Å². The Hall–Kier alpha value is -1.06. The van der Waals surface area contributed by atoms with Crippen LogP contribution >= 0.6 is 0 Å². The number of hydrogen-bond acceptors (Lipinski definition) is 3. The average molecular weight is 290 g/mol. The van der Waals surface area contributed by atoms with E-state index in [0.717, 1.165) is 26.2 Å². The van der Waals surface area contributed by atoms with E-state index in [9.17, 15) is 0 Å². The summed E-state index contributed by atoms with van der Waals surface area (Å²) in [7, 11) is 0. The van der Waals surface area contributed by atoms with E-state index in [-0.39, 0.29) is 0 Å². The third-order valence-corrected chi connectivity index (χ3v) is 4.02. The van der Waals surface area contributed by atoms with Crippen LogP contribution in [0.3, 0.4) is 0 Å². The van der Waals surface area contributed by atoms with E-state index in [1.54, 1.807) is 0 Å². The Kier molecular flexibility index (Phi) is 5.65. The van der Waals surface area contributed by atoms with Gasteiger partial charge in [0.15, 0.2) is 0 Å². The minimum Gasteiger partial charge on any atom is -0.375 e. The van der Waals surface area contributed by atoms with Gasteiger partial charge in [0.2, 0.25) is 0 Å². The largest absolute Gasteiger partial charge is 0.375 e. The van der Waals surface area contributed by atoms with Gasteiger partial charge in [-0.3, -0.25) is 0 Å². The zero-order chi connectivity index (χ0) is 15.4. The van der Waals surface area contributed by atoms with E-state index < -0.39 is 0 Å². The molecule has 0 radical (unpaired) electrons. The van der Waals surface area contributed by atoms with Crippen molar-refractivity contribution in [1.29, 1.82) is 0 Å². The average Bonchev–Trinajstić information content (AvgIpc) is 2.42. The third kappa shape index (κ3) is 4.45. The maximum atomic E-state index is 5.76. The summed E-state index contributed by atoms with van der Waals surface area (Å²) in [4.78, 5) is 2.50. The number of anilines is 1. The summed E-state index contributed by atoms with van der Waals surface area (Å²) in [5.41, 5.74) is 4.09. The van der Waals surface area contributed by atoms with Gasteiger partial charge in [-0.05, 0) is 44.9 Å². The van der Waals surface area contributed by atoms with E-state index in [1.165, 1.54) is 16.8 Å². The molecule has 0 amide bonds. The lowest BCUT2D eigenvalue weighted by Crippen LogP contribution is -2.48. The van der Waals surface area contributed by atoms with Gasteiger partial charge in [0.05, 0.1) is 12.7 Å². The summed E-state index contributed by atoms with van der Waals surface area (Å²) in [6.07, 6.45) is 0.305. The van der Waals surface area contributed by atoms with Gasteiger partial charge in [-0.25, -0.2) is 0 Å². The monoisotopic (exact) mass is 290 g/mol. The zero-order valence-electron chi connectivity index (χ0n) is 14.1. The van der Waals surface area contributed by atoms with Crippen LogP contribution in [0.15, 0.2) is 18.2 Å². The molecule has 0 bridgehead atoms. The maximum Gasteiger partial charge on any atom is 0.0723 e. The summed E-state index contributed by atoms with van der Waals surface area (Å²) < 4.78 is 5.76. The second-order valence-electron chi connectivity index (χ2n) is 6.80. The molecule has 0 aromatic heterocycles. The number of ether oxygens (including phenoxy) is 1. The molecule has 21 heavy (non-hydrogen) atoms. The highest BCUT2D eigenvalue weighted by molar-refractivity contribution is 5.56. The van der Waals surface area contributed by atoms with Crippen LogP contribution in [-0.4, -0.2) is 31.8 Å². The molecule has 1 aromatic carbocycles. The van der Waals surface area contributed by atoms with Crippen LogP contribution in [0.1, 0.15) is 38.8 Å². The van der Waals surface area contributed by atoms with Gasteiger partial charge in [-0.15, -0.1) is 0 Å². The molecule has 0 aliphatic carbocycles. The van der Waals surface area contributed by atoms with Crippen molar-refractivity contribution < 1.29 is 4.74 Å². The number of hydrogen-bond donors (Lipinski definition) is 1. The number of morpholine rings is 1. The molecule has 118 valence electrons. The minimum absolute atomic E-state index is 0.305. The molecule has 2 rings (SSSR count). The quantitative estimate of drug-likeness (QED) is 0.900. The second kappa shape index (κ2) is 7.28. The first kappa shape index (κ1) is 16.3. The van der Waals surface area contributed by atoms with E-state index in [0.29, 0.717) is 18.1 Å². The molecule has 1 aromatic rings. The van der Waals surface area contributed by atoms with Crippen molar-refractivity contribution in [2.45, 2.75) is 53.3 Å². The summed E-state index contributed by atoms with van der Waals surface area (Å²) >= 11 is 0. The van der Waals surface area contributed by atoms with E-state index >= 15 is 0 Å². The number of benzene rings is 1. The molecule has 3 heteroatoms. The van der Waals surface area contributed by atoms with Gasteiger partial charge in [0, 0.05) is 24.8 Å². The molecule has 0 saturated carbocycles. The second-order valence-corrected chi connectivity index (χ2v) is 6.80. The van der Waals surface area contributed by atoms with Crippen LogP contribution in [0.5, 0.6) is 0 Å². The number of nitrogens with one attached hydrogen (secondary N) is 1. The molecular weight excluding hydrogens is 260 g/mol. The van der Waals surface area contributed by atoms with Crippen LogP contribution in [0.2, 0.25) is 0 Å². The molecule has 1 N–H and O–H groups in total. The Bertz CT molecular complexity index is 459. The first-order valence-corrected chi connectivity index (χ1v) is 8.16. The third-order valence-electron chi connectivity index (χ3n) is 4.02. The Balaban J connectivity index is 2.17. The topological polar surface area (TPSA) is 24.5 Å². The van der Waals surface area contributed by atoms with Crippen LogP contribution < -0.4 is 10.2 Å². The molecule has 1 saturated heterocycles. The Morgan fingerprint density at radius 3 is 2.81 bits per heavy atom. The Morgan fingerprint density at radius 2 is 2.10 bits per heavy atom. The fraction of sp³-hybridized carbons (Fsp3) is 0.667. The standard InChI is InChI=1S/C18H30N2O/c1-13(2)9-19-10-17-8-14(3)6-7-18(17)20-11-16(5)21-12-15(20)4/h6-8,13,15-16,19H,9-12H2,1-5H3. The van der Waals surface area contributed by atoms with Gasteiger partial charge in [0.25, 0.3) is 0 Å². The molecule has 1 fully saturated rings. The fourth-order valence-electron chi connectivity index (χ4n) is 2.87.